The molecule has 0 unspecified atom stereocenters. The smallest absolute Gasteiger partial charge is 0.240 e. The summed E-state index contributed by atoms with van der Waals surface area (Å²) in [4.78, 5) is 23.8. The second-order valence-electron chi connectivity index (χ2n) is 8.55. The first-order chi connectivity index (χ1) is 15.1. The van der Waals surface area contributed by atoms with Crippen LogP contribution in [0, 0.1) is 0 Å². The summed E-state index contributed by atoms with van der Waals surface area (Å²) in [6, 6.07) is 8.99. The average Bonchev–Trinajstić information content (AvgIpc) is 2.76. The maximum atomic E-state index is 12.2. The van der Waals surface area contributed by atoms with E-state index in [9.17, 15) is 9.59 Å². The minimum Gasteiger partial charge on any atom is -0.368 e. The van der Waals surface area contributed by atoms with Crippen molar-refractivity contribution in [1.29, 1.82) is 0 Å². The van der Waals surface area contributed by atoms with E-state index < -0.39 is 11.9 Å². The predicted molar refractivity (Wildman–Crippen MR) is 131 cm³/mol. The molecular weight excluding hydrogens is 384 g/mol. The third-order valence-electron chi connectivity index (χ3n) is 5.63. The fraction of sp³-hybridized carbons (Fsp3) is 0.630. The fourth-order valence-corrected chi connectivity index (χ4v) is 3.70. The molecular formula is C27H44N2O2. The third-order valence-corrected chi connectivity index (χ3v) is 5.63. The zero-order chi connectivity index (χ0) is 22.6. The normalized spacial score (nSPS) is 12.2. The number of carbonyl (C=O) groups is 2. The van der Waals surface area contributed by atoms with Crippen molar-refractivity contribution in [3.8, 4) is 0 Å². The number of carbonyl (C=O) groups excluding carboxylic acids is 2. The number of nitrogens with one attached hydrogen (secondary N) is 1. The molecule has 0 heterocycles. The van der Waals surface area contributed by atoms with Crippen LogP contribution in [0.3, 0.4) is 0 Å². The molecule has 174 valence electrons. The summed E-state index contributed by atoms with van der Waals surface area (Å²) in [5, 5.41) is 2.79. The number of nitrogens with two attached hydrogens (primary N) is 1. The Balaban J connectivity index is 2.00. The van der Waals surface area contributed by atoms with E-state index in [0.29, 0.717) is 12.8 Å². The Morgan fingerprint density at radius 2 is 1.39 bits per heavy atom. The van der Waals surface area contributed by atoms with Crippen molar-refractivity contribution in [3.05, 3.63) is 48.0 Å². The van der Waals surface area contributed by atoms with Crippen LogP contribution in [0.25, 0.3) is 0 Å². The highest BCUT2D eigenvalue weighted by atomic mass is 16.2. The molecule has 1 aromatic carbocycles. The van der Waals surface area contributed by atoms with Crippen LogP contribution in [0.4, 0.5) is 0 Å². The van der Waals surface area contributed by atoms with E-state index in [1.165, 1.54) is 57.8 Å². The molecule has 3 N–H and O–H groups in total. The molecule has 0 aliphatic heterocycles. The van der Waals surface area contributed by atoms with Gasteiger partial charge in [-0.25, -0.2) is 0 Å². The summed E-state index contributed by atoms with van der Waals surface area (Å²) in [5.41, 5.74) is 6.45. The monoisotopic (exact) mass is 428 g/mol. The first-order valence-corrected chi connectivity index (χ1v) is 12.4. The van der Waals surface area contributed by atoms with Gasteiger partial charge in [-0.3, -0.25) is 9.59 Å². The van der Waals surface area contributed by atoms with Gasteiger partial charge in [0, 0.05) is 12.8 Å². The first-order valence-electron chi connectivity index (χ1n) is 12.4. The lowest BCUT2D eigenvalue weighted by molar-refractivity contribution is -0.127. The molecule has 0 saturated heterocycles. The highest BCUT2D eigenvalue weighted by Crippen LogP contribution is 2.10. The minimum absolute atomic E-state index is 0.0858. The lowest BCUT2D eigenvalue weighted by Crippen LogP contribution is -2.45. The SMILES string of the molecule is CCCCCCCC/C=C\CCCCCCCC(=O)N[C@@H](Cc1ccccc1)C(N)=O. The van der Waals surface area contributed by atoms with Gasteiger partial charge in [-0.15, -0.1) is 0 Å². The third kappa shape index (κ3) is 15.4. The minimum atomic E-state index is -0.641. The summed E-state index contributed by atoms with van der Waals surface area (Å²) < 4.78 is 0. The molecule has 1 atom stereocenters. The number of hydrogen-bond acceptors (Lipinski definition) is 2. The predicted octanol–water partition coefficient (Wildman–Crippen LogP) is 6.24. The fourth-order valence-electron chi connectivity index (χ4n) is 3.70. The standard InChI is InChI=1S/C27H44N2O2/c1-2-3-4-5-6-7-8-9-10-11-12-13-14-15-19-22-26(30)29-25(27(28)31)23-24-20-17-16-18-21-24/h9-10,16-18,20-21,25H,2-8,11-15,19,22-23H2,1H3,(H2,28,31)(H,29,30)/b10-9-/t25-/m0/s1. The summed E-state index contributed by atoms with van der Waals surface area (Å²) in [6.07, 6.45) is 21.6. The Kier molecular flexibility index (Phi) is 16.2. The van der Waals surface area contributed by atoms with Gasteiger partial charge < -0.3 is 11.1 Å². The van der Waals surface area contributed by atoms with E-state index in [1.54, 1.807) is 0 Å². The van der Waals surface area contributed by atoms with Crippen molar-refractivity contribution in [1.82, 2.24) is 5.32 Å². The van der Waals surface area contributed by atoms with Crippen molar-refractivity contribution in [2.45, 2.75) is 109 Å². The zero-order valence-electron chi connectivity index (χ0n) is 19.6. The lowest BCUT2D eigenvalue weighted by atomic mass is 10.0. The second kappa shape index (κ2) is 18.7. The van der Waals surface area contributed by atoms with E-state index in [4.69, 9.17) is 5.73 Å². The number of hydrogen-bond donors (Lipinski definition) is 2. The molecule has 4 heteroatoms. The maximum absolute atomic E-state index is 12.2. The van der Waals surface area contributed by atoms with Crippen molar-refractivity contribution < 1.29 is 9.59 Å². The van der Waals surface area contributed by atoms with Gasteiger partial charge in [-0.05, 0) is 37.7 Å². The van der Waals surface area contributed by atoms with Gasteiger partial charge in [-0.2, -0.15) is 0 Å². The van der Waals surface area contributed by atoms with Crippen molar-refractivity contribution in [2.24, 2.45) is 5.73 Å². The van der Waals surface area contributed by atoms with Crippen LogP contribution >= 0.6 is 0 Å². The molecule has 0 aliphatic rings. The zero-order valence-corrected chi connectivity index (χ0v) is 19.6. The van der Waals surface area contributed by atoms with Gasteiger partial charge in [-0.1, -0.05) is 101 Å². The summed E-state index contributed by atoms with van der Waals surface area (Å²) in [6.45, 7) is 2.26. The molecule has 0 spiro atoms. The van der Waals surface area contributed by atoms with E-state index in [1.807, 2.05) is 30.3 Å². The largest absolute Gasteiger partial charge is 0.368 e. The molecule has 0 radical (unpaired) electrons. The van der Waals surface area contributed by atoms with Crippen molar-refractivity contribution >= 4 is 11.8 Å². The lowest BCUT2D eigenvalue weighted by Gasteiger charge is -2.15. The maximum Gasteiger partial charge on any atom is 0.240 e. The molecule has 0 bridgehead atoms. The highest BCUT2D eigenvalue weighted by Gasteiger charge is 2.18. The van der Waals surface area contributed by atoms with Crippen LogP contribution < -0.4 is 11.1 Å². The molecule has 0 aromatic heterocycles. The van der Waals surface area contributed by atoms with Crippen LogP contribution in [0.15, 0.2) is 42.5 Å². The molecule has 4 nitrogen and oxygen atoms in total. The number of unbranched alkanes of at least 4 members (excludes halogenated alkanes) is 11. The van der Waals surface area contributed by atoms with Gasteiger partial charge in [0.1, 0.15) is 6.04 Å². The number of benzene rings is 1. The number of primary amides is 1. The van der Waals surface area contributed by atoms with Crippen molar-refractivity contribution in [3.63, 3.8) is 0 Å². The molecule has 1 rings (SSSR count). The molecule has 0 aliphatic carbocycles. The quantitative estimate of drug-likeness (QED) is 0.202. The first kappa shape index (κ1) is 26.9. The molecule has 2 amide bonds. The molecule has 0 saturated carbocycles. The second-order valence-corrected chi connectivity index (χ2v) is 8.55. The number of allylic oxidation sites excluding steroid dienone is 2. The Hall–Kier alpha value is -2.10. The molecule has 1 aromatic rings. The van der Waals surface area contributed by atoms with Gasteiger partial charge in [0.25, 0.3) is 0 Å². The van der Waals surface area contributed by atoms with E-state index >= 15 is 0 Å². The van der Waals surface area contributed by atoms with Gasteiger partial charge in [0.05, 0.1) is 0 Å². The Morgan fingerprint density at radius 3 is 1.97 bits per heavy atom. The average molecular weight is 429 g/mol. The van der Waals surface area contributed by atoms with Crippen LogP contribution in [0.5, 0.6) is 0 Å². The van der Waals surface area contributed by atoms with E-state index in [-0.39, 0.29) is 5.91 Å². The van der Waals surface area contributed by atoms with Crippen LogP contribution in [0.1, 0.15) is 102 Å². The molecule has 0 fully saturated rings. The number of amides is 2. The summed E-state index contributed by atoms with van der Waals surface area (Å²) in [5.74, 6) is -0.570. The Labute approximate surface area is 190 Å². The van der Waals surface area contributed by atoms with Crippen LogP contribution in [-0.4, -0.2) is 17.9 Å². The van der Waals surface area contributed by atoms with Gasteiger partial charge >= 0.3 is 0 Å². The van der Waals surface area contributed by atoms with E-state index in [0.717, 1.165) is 31.2 Å². The topological polar surface area (TPSA) is 72.2 Å². The Bertz CT molecular complexity index is 613. The summed E-state index contributed by atoms with van der Waals surface area (Å²) >= 11 is 0. The van der Waals surface area contributed by atoms with Gasteiger partial charge in [0.15, 0.2) is 0 Å². The summed E-state index contributed by atoms with van der Waals surface area (Å²) in [7, 11) is 0. The number of rotatable bonds is 19. The molecule has 31 heavy (non-hydrogen) atoms. The van der Waals surface area contributed by atoms with Crippen molar-refractivity contribution in [2.75, 3.05) is 0 Å². The Morgan fingerprint density at radius 1 is 0.839 bits per heavy atom. The van der Waals surface area contributed by atoms with Crippen LogP contribution in [0.2, 0.25) is 0 Å². The van der Waals surface area contributed by atoms with Crippen LogP contribution in [-0.2, 0) is 16.0 Å². The van der Waals surface area contributed by atoms with Gasteiger partial charge in [0.2, 0.25) is 11.8 Å². The highest BCUT2D eigenvalue weighted by molar-refractivity contribution is 5.86. The van der Waals surface area contributed by atoms with E-state index in [2.05, 4.69) is 24.4 Å².